The van der Waals surface area contributed by atoms with Crippen LogP contribution in [0.1, 0.15) is 60.7 Å². The molecule has 3 aromatic carbocycles. The van der Waals surface area contributed by atoms with Crippen LogP contribution in [0.25, 0.3) is 6.08 Å². The van der Waals surface area contributed by atoms with E-state index in [-0.39, 0.29) is 41.4 Å². The molecule has 4 rings (SSSR count). The summed E-state index contributed by atoms with van der Waals surface area (Å²) in [5.41, 5.74) is 9.86. The number of rotatable bonds is 14. The standard InChI is InChI=1S/C36H39F4N5O5S/c1-5-16-36(39,40)21-49-19-26-9-6-22(2)17-29(26)45-31(46)20-51-34(45)44-33(48)42-28-14-7-24(18-23(28)3)8-15-30(41)43-32(47)25-10-12-27(13-11-25)50-35(4,37)38/h6-15,17-18,32,47H,5,16,19-21H2,1-4H3,(H2,41,43)(H,42,48)/b15-8+,44-34-. The molecular weight excluding hydrogens is 690 g/mol. The first-order chi connectivity index (χ1) is 24.0. The van der Waals surface area contributed by atoms with Gasteiger partial charge in [0, 0.05) is 30.2 Å². The van der Waals surface area contributed by atoms with E-state index in [4.69, 9.17) is 10.5 Å². The van der Waals surface area contributed by atoms with Crippen molar-refractivity contribution < 1.29 is 41.7 Å². The first-order valence-corrected chi connectivity index (χ1v) is 16.9. The molecule has 0 bridgehead atoms. The predicted molar refractivity (Wildman–Crippen MR) is 192 cm³/mol. The van der Waals surface area contributed by atoms with E-state index in [2.05, 4.69) is 20.0 Å². The fraction of sp³-hybridized carbons (Fsp3) is 0.333. The number of aliphatic imine (C=N–C) groups is 2. The molecule has 1 unspecified atom stereocenters. The van der Waals surface area contributed by atoms with Crippen molar-refractivity contribution in [3.8, 4) is 5.75 Å². The zero-order valence-electron chi connectivity index (χ0n) is 28.5. The summed E-state index contributed by atoms with van der Waals surface area (Å²) in [5, 5.41) is 13.2. The van der Waals surface area contributed by atoms with Crippen LogP contribution < -0.4 is 20.7 Å². The molecular formula is C36H39F4N5O5S. The third-order valence-electron chi connectivity index (χ3n) is 7.32. The second-order valence-corrected chi connectivity index (χ2v) is 12.8. The molecule has 1 heterocycles. The second kappa shape index (κ2) is 17.0. The third-order valence-corrected chi connectivity index (χ3v) is 8.24. The quantitative estimate of drug-likeness (QED) is 0.0869. The van der Waals surface area contributed by atoms with Gasteiger partial charge < -0.3 is 25.6 Å². The maximum Gasteiger partial charge on any atom is 0.394 e. The number of urea groups is 1. The van der Waals surface area contributed by atoms with Crippen molar-refractivity contribution in [3.63, 3.8) is 0 Å². The molecule has 0 spiro atoms. The highest BCUT2D eigenvalue weighted by Gasteiger charge is 2.33. The Labute approximate surface area is 297 Å². The van der Waals surface area contributed by atoms with Crippen LogP contribution in [0.4, 0.5) is 33.7 Å². The van der Waals surface area contributed by atoms with Gasteiger partial charge in [-0.3, -0.25) is 9.69 Å². The predicted octanol–water partition coefficient (Wildman–Crippen LogP) is 7.98. The van der Waals surface area contributed by atoms with Gasteiger partial charge in [0.2, 0.25) is 5.91 Å². The SMILES string of the molecule is CCCC(F)(F)COCc1ccc(C)cc1N1C(=O)CS/C1=N\C(=O)Nc1ccc(/C=C/C(N)=N/C(O)c2ccc(OC(C)(F)F)cc2)cc1C. The van der Waals surface area contributed by atoms with Crippen molar-refractivity contribution in [1.82, 2.24) is 0 Å². The van der Waals surface area contributed by atoms with Crippen LogP contribution in [0, 0.1) is 13.8 Å². The molecule has 0 saturated carbocycles. The number of aliphatic hydroxyl groups excluding tert-OH is 1. The van der Waals surface area contributed by atoms with E-state index >= 15 is 0 Å². The summed E-state index contributed by atoms with van der Waals surface area (Å²) in [5.74, 6) is -3.31. The minimum Gasteiger partial charge on any atom is -0.433 e. The zero-order valence-corrected chi connectivity index (χ0v) is 29.3. The Morgan fingerprint density at radius 3 is 2.51 bits per heavy atom. The minimum absolute atomic E-state index is 0.000276. The van der Waals surface area contributed by atoms with E-state index in [0.717, 1.165) is 17.3 Å². The van der Waals surface area contributed by atoms with Crippen molar-refractivity contribution in [3.05, 3.63) is 94.6 Å². The maximum absolute atomic E-state index is 14.0. The Morgan fingerprint density at radius 2 is 1.84 bits per heavy atom. The summed E-state index contributed by atoms with van der Waals surface area (Å²) < 4.78 is 63.9. The van der Waals surface area contributed by atoms with E-state index in [9.17, 15) is 32.3 Å². The van der Waals surface area contributed by atoms with Gasteiger partial charge >= 0.3 is 12.1 Å². The molecule has 0 aromatic heterocycles. The molecule has 3 aromatic rings. The molecule has 1 aliphatic heterocycles. The number of aryl methyl sites for hydroxylation is 2. The lowest BCUT2D eigenvalue weighted by Gasteiger charge is -2.21. The third kappa shape index (κ3) is 11.7. The normalized spacial score (nSPS) is 15.5. The molecule has 3 amide bonds. The average Bonchev–Trinajstić information content (AvgIpc) is 3.40. The number of nitrogens with zero attached hydrogens (tertiary/aromatic N) is 3. The molecule has 272 valence electrons. The molecule has 1 saturated heterocycles. The zero-order chi connectivity index (χ0) is 37.3. The van der Waals surface area contributed by atoms with Crippen LogP contribution in [0.15, 0.2) is 76.7 Å². The largest absolute Gasteiger partial charge is 0.433 e. The summed E-state index contributed by atoms with van der Waals surface area (Å²) in [4.78, 5) is 35.5. The van der Waals surface area contributed by atoms with Gasteiger partial charge in [-0.1, -0.05) is 61.5 Å². The average molecular weight is 730 g/mol. The summed E-state index contributed by atoms with van der Waals surface area (Å²) in [6, 6.07) is 15.0. The fourth-order valence-electron chi connectivity index (χ4n) is 4.95. The number of hydrogen-bond donors (Lipinski definition) is 3. The highest BCUT2D eigenvalue weighted by atomic mass is 32.2. The number of hydrogen-bond acceptors (Lipinski definition) is 7. The van der Waals surface area contributed by atoms with Crippen molar-refractivity contribution in [1.29, 1.82) is 0 Å². The van der Waals surface area contributed by atoms with Gasteiger partial charge in [-0.15, -0.1) is 0 Å². The lowest BCUT2D eigenvalue weighted by atomic mass is 10.1. The molecule has 1 atom stereocenters. The highest BCUT2D eigenvalue weighted by molar-refractivity contribution is 8.15. The second-order valence-electron chi connectivity index (χ2n) is 11.9. The number of amides is 3. The number of nitrogens with two attached hydrogens (primary N) is 1. The summed E-state index contributed by atoms with van der Waals surface area (Å²) in [6.45, 7) is 4.97. The number of nitrogens with one attached hydrogen (secondary N) is 1. The molecule has 51 heavy (non-hydrogen) atoms. The number of thioether (sulfide) groups is 1. The molecule has 1 fully saturated rings. The fourth-order valence-corrected chi connectivity index (χ4v) is 5.81. The Balaban J connectivity index is 1.41. The highest BCUT2D eigenvalue weighted by Crippen LogP contribution is 2.32. The van der Waals surface area contributed by atoms with E-state index in [1.807, 2.05) is 6.92 Å². The van der Waals surface area contributed by atoms with Gasteiger partial charge in [-0.25, -0.2) is 18.6 Å². The molecule has 1 aliphatic rings. The van der Waals surface area contributed by atoms with Gasteiger partial charge in [0.1, 0.15) is 18.2 Å². The number of carbonyl (C=O) groups is 2. The minimum atomic E-state index is -3.34. The molecule has 15 heteroatoms. The van der Waals surface area contributed by atoms with Crippen LogP contribution in [0.5, 0.6) is 5.75 Å². The van der Waals surface area contributed by atoms with Gasteiger partial charge in [-0.05, 0) is 66.9 Å². The molecule has 10 nitrogen and oxygen atoms in total. The number of carbonyl (C=O) groups excluding carboxylic acids is 2. The van der Waals surface area contributed by atoms with Crippen LogP contribution in [-0.2, 0) is 16.1 Å². The number of ether oxygens (including phenoxy) is 2. The van der Waals surface area contributed by atoms with E-state index < -0.39 is 30.9 Å². The van der Waals surface area contributed by atoms with Crippen molar-refractivity contribution >= 4 is 52.2 Å². The number of amidine groups is 2. The maximum atomic E-state index is 14.0. The van der Waals surface area contributed by atoms with Crippen LogP contribution in [0.3, 0.4) is 0 Å². The number of halogens is 4. The summed E-state index contributed by atoms with van der Waals surface area (Å²) in [7, 11) is 0. The number of benzene rings is 3. The first kappa shape index (κ1) is 39.1. The number of anilines is 2. The molecule has 0 aliphatic carbocycles. The monoisotopic (exact) mass is 729 g/mol. The van der Waals surface area contributed by atoms with Gasteiger partial charge in [0.25, 0.3) is 5.92 Å². The summed E-state index contributed by atoms with van der Waals surface area (Å²) in [6.07, 6.45) is -1.54. The van der Waals surface area contributed by atoms with E-state index in [1.54, 1.807) is 56.3 Å². The Hall–Kier alpha value is -4.73. The van der Waals surface area contributed by atoms with Crippen LogP contribution >= 0.6 is 11.8 Å². The molecule has 4 N–H and O–H groups in total. The Morgan fingerprint density at radius 1 is 1.12 bits per heavy atom. The summed E-state index contributed by atoms with van der Waals surface area (Å²) >= 11 is 1.08. The van der Waals surface area contributed by atoms with Gasteiger partial charge in [0.05, 0.1) is 18.0 Å². The first-order valence-electron chi connectivity index (χ1n) is 15.9. The Kier molecular flexibility index (Phi) is 13.0. The van der Waals surface area contributed by atoms with E-state index in [0.29, 0.717) is 47.0 Å². The lowest BCUT2D eigenvalue weighted by Crippen LogP contribution is -2.31. The van der Waals surface area contributed by atoms with Crippen LogP contribution in [0.2, 0.25) is 0 Å². The van der Waals surface area contributed by atoms with E-state index in [1.165, 1.54) is 35.2 Å². The topological polar surface area (TPSA) is 139 Å². The van der Waals surface area contributed by atoms with Gasteiger partial charge in [-0.2, -0.15) is 13.8 Å². The van der Waals surface area contributed by atoms with Crippen molar-refractivity contribution in [2.24, 2.45) is 15.7 Å². The molecule has 0 radical (unpaired) electrons. The van der Waals surface area contributed by atoms with Crippen molar-refractivity contribution in [2.45, 2.75) is 65.4 Å². The number of alkyl halides is 4. The van der Waals surface area contributed by atoms with Crippen LogP contribution in [-0.4, -0.2) is 52.4 Å². The lowest BCUT2D eigenvalue weighted by molar-refractivity contribution is -0.159. The van der Waals surface area contributed by atoms with Gasteiger partial charge in [0.15, 0.2) is 11.4 Å². The Bertz CT molecular complexity index is 1810. The smallest absolute Gasteiger partial charge is 0.394 e. The van der Waals surface area contributed by atoms with Crippen molar-refractivity contribution in [2.75, 3.05) is 22.6 Å². The number of aliphatic hydroxyl groups is 1.